The lowest BCUT2D eigenvalue weighted by atomic mass is 10.0. The Labute approximate surface area is 81.8 Å². The van der Waals surface area contributed by atoms with Crippen molar-refractivity contribution in [2.45, 2.75) is 26.3 Å². The molecule has 1 aromatic heterocycles. The molecular formula is C8H13ClN2S. The van der Waals surface area contributed by atoms with E-state index >= 15 is 0 Å². The molecule has 1 heterocycles. The summed E-state index contributed by atoms with van der Waals surface area (Å²) in [5.74, 6) is 0.493. The van der Waals surface area contributed by atoms with Crippen LogP contribution in [0.25, 0.3) is 0 Å². The maximum Gasteiger partial charge on any atom is 0.113 e. The van der Waals surface area contributed by atoms with Crippen LogP contribution in [0.15, 0.2) is 6.20 Å². The zero-order valence-electron chi connectivity index (χ0n) is 7.25. The molecule has 12 heavy (non-hydrogen) atoms. The van der Waals surface area contributed by atoms with Crippen molar-refractivity contribution >= 4 is 22.9 Å². The van der Waals surface area contributed by atoms with Crippen molar-refractivity contribution in [1.29, 1.82) is 0 Å². The molecule has 0 radical (unpaired) electrons. The Balaban J connectivity index is 2.52. The highest BCUT2D eigenvalue weighted by Gasteiger charge is 2.10. The van der Waals surface area contributed by atoms with E-state index in [1.807, 2.05) is 0 Å². The van der Waals surface area contributed by atoms with Gasteiger partial charge in [0.15, 0.2) is 0 Å². The Morgan fingerprint density at radius 1 is 1.67 bits per heavy atom. The van der Waals surface area contributed by atoms with Gasteiger partial charge >= 0.3 is 0 Å². The van der Waals surface area contributed by atoms with Crippen molar-refractivity contribution in [2.75, 3.05) is 0 Å². The van der Waals surface area contributed by atoms with Crippen LogP contribution in [-0.4, -0.2) is 11.0 Å². The zero-order chi connectivity index (χ0) is 9.14. The van der Waals surface area contributed by atoms with Gasteiger partial charge in [0.25, 0.3) is 0 Å². The van der Waals surface area contributed by atoms with Gasteiger partial charge in [-0.25, -0.2) is 4.98 Å². The Morgan fingerprint density at radius 2 is 2.33 bits per heavy atom. The second kappa shape index (κ2) is 4.21. The van der Waals surface area contributed by atoms with Crippen LogP contribution >= 0.6 is 22.9 Å². The predicted molar refractivity (Wildman–Crippen MR) is 53.6 cm³/mol. The highest BCUT2D eigenvalue weighted by Crippen LogP contribution is 2.20. The first kappa shape index (κ1) is 9.96. The number of rotatable bonds is 3. The second-order valence-corrected chi connectivity index (χ2v) is 4.92. The average molecular weight is 205 g/mol. The summed E-state index contributed by atoms with van der Waals surface area (Å²) in [4.78, 5) is 4.14. The largest absolute Gasteiger partial charge is 0.327 e. The third kappa shape index (κ3) is 2.73. The molecule has 1 rings (SSSR count). The minimum atomic E-state index is 0.187. The van der Waals surface area contributed by atoms with Crippen LogP contribution in [0.3, 0.4) is 0 Å². The summed E-state index contributed by atoms with van der Waals surface area (Å²) < 4.78 is 0.737. The van der Waals surface area contributed by atoms with E-state index in [0.29, 0.717) is 5.92 Å². The molecule has 0 amide bonds. The van der Waals surface area contributed by atoms with E-state index in [2.05, 4.69) is 18.8 Å². The van der Waals surface area contributed by atoms with Gasteiger partial charge in [0, 0.05) is 12.5 Å². The number of nitrogens with zero attached hydrogens (tertiary/aromatic N) is 1. The number of hydrogen-bond acceptors (Lipinski definition) is 3. The highest BCUT2D eigenvalue weighted by atomic mass is 35.5. The molecule has 1 atom stereocenters. The van der Waals surface area contributed by atoms with E-state index in [1.165, 1.54) is 11.3 Å². The molecule has 2 N–H and O–H groups in total. The fraction of sp³-hybridized carbons (Fsp3) is 0.625. The van der Waals surface area contributed by atoms with E-state index in [9.17, 15) is 0 Å². The Hall–Kier alpha value is -0.120. The van der Waals surface area contributed by atoms with Gasteiger partial charge in [-0.3, -0.25) is 0 Å². The standard InChI is InChI=1S/C8H13ClN2S/c1-5(2)6(10)3-8-11-4-7(9)12-8/h4-6H,3,10H2,1-2H3. The van der Waals surface area contributed by atoms with Gasteiger partial charge in [-0.05, 0) is 5.92 Å². The van der Waals surface area contributed by atoms with Crippen LogP contribution in [0.4, 0.5) is 0 Å². The van der Waals surface area contributed by atoms with E-state index in [1.54, 1.807) is 6.20 Å². The van der Waals surface area contributed by atoms with Crippen LogP contribution < -0.4 is 5.73 Å². The first-order valence-corrected chi connectivity index (χ1v) is 5.15. The van der Waals surface area contributed by atoms with Crippen LogP contribution in [0.2, 0.25) is 4.34 Å². The average Bonchev–Trinajstić information content (AvgIpc) is 2.35. The molecule has 0 saturated heterocycles. The monoisotopic (exact) mass is 204 g/mol. The summed E-state index contributed by atoms with van der Waals surface area (Å²) in [5, 5.41) is 1.03. The fourth-order valence-electron chi connectivity index (χ4n) is 0.820. The van der Waals surface area contributed by atoms with E-state index in [0.717, 1.165) is 15.8 Å². The van der Waals surface area contributed by atoms with Crippen molar-refractivity contribution in [2.24, 2.45) is 11.7 Å². The molecule has 0 fully saturated rings. The topological polar surface area (TPSA) is 38.9 Å². The van der Waals surface area contributed by atoms with Crippen molar-refractivity contribution < 1.29 is 0 Å². The lowest BCUT2D eigenvalue weighted by molar-refractivity contribution is 0.490. The summed E-state index contributed by atoms with van der Waals surface area (Å²) >= 11 is 7.25. The molecular weight excluding hydrogens is 192 g/mol. The molecule has 0 spiro atoms. The number of aromatic nitrogens is 1. The molecule has 1 unspecified atom stereocenters. The van der Waals surface area contributed by atoms with E-state index in [-0.39, 0.29) is 6.04 Å². The first-order chi connectivity index (χ1) is 5.59. The van der Waals surface area contributed by atoms with E-state index in [4.69, 9.17) is 17.3 Å². The Morgan fingerprint density at radius 3 is 2.75 bits per heavy atom. The summed E-state index contributed by atoms with van der Waals surface area (Å²) in [7, 11) is 0. The lowest BCUT2D eigenvalue weighted by Crippen LogP contribution is -2.28. The predicted octanol–water partition coefficient (Wildman–Crippen LogP) is 2.32. The molecule has 0 aliphatic heterocycles. The molecule has 4 heteroatoms. The van der Waals surface area contributed by atoms with Gasteiger partial charge in [-0.1, -0.05) is 25.4 Å². The summed E-state index contributed by atoms with van der Waals surface area (Å²) in [5.41, 5.74) is 5.88. The Bertz CT molecular complexity index is 247. The summed E-state index contributed by atoms with van der Waals surface area (Å²) in [6.45, 7) is 4.22. The Kier molecular flexibility index (Phi) is 3.50. The van der Waals surface area contributed by atoms with Gasteiger partial charge in [-0.15, -0.1) is 11.3 Å². The molecule has 0 bridgehead atoms. The molecule has 1 aromatic rings. The van der Waals surface area contributed by atoms with Crippen LogP contribution in [0.5, 0.6) is 0 Å². The van der Waals surface area contributed by atoms with Crippen LogP contribution in [0.1, 0.15) is 18.9 Å². The number of nitrogens with two attached hydrogens (primary N) is 1. The fourth-order valence-corrected chi connectivity index (χ4v) is 1.85. The van der Waals surface area contributed by atoms with Crippen molar-refractivity contribution in [3.8, 4) is 0 Å². The summed E-state index contributed by atoms with van der Waals surface area (Å²) in [6.07, 6.45) is 2.50. The molecule has 0 aliphatic carbocycles. The maximum absolute atomic E-state index is 5.88. The lowest BCUT2D eigenvalue weighted by Gasteiger charge is -2.12. The third-order valence-electron chi connectivity index (χ3n) is 1.79. The zero-order valence-corrected chi connectivity index (χ0v) is 8.82. The third-order valence-corrected chi connectivity index (χ3v) is 2.93. The second-order valence-electron chi connectivity index (χ2n) is 3.17. The SMILES string of the molecule is CC(C)C(N)Cc1ncc(Cl)s1. The van der Waals surface area contributed by atoms with Gasteiger partial charge < -0.3 is 5.73 Å². The number of thiazole rings is 1. The molecule has 68 valence electrons. The minimum absolute atomic E-state index is 0.187. The summed E-state index contributed by atoms with van der Waals surface area (Å²) in [6, 6.07) is 0.187. The minimum Gasteiger partial charge on any atom is -0.327 e. The quantitative estimate of drug-likeness (QED) is 0.821. The van der Waals surface area contributed by atoms with E-state index < -0.39 is 0 Å². The van der Waals surface area contributed by atoms with Crippen molar-refractivity contribution in [3.05, 3.63) is 15.5 Å². The highest BCUT2D eigenvalue weighted by molar-refractivity contribution is 7.15. The molecule has 2 nitrogen and oxygen atoms in total. The normalized spacial score (nSPS) is 13.8. The number of halogens is 1. The van der Waals surface area contributed by atoms with Crippen LogP contribution in [0, 0.1) is 5.92 Å². The van der Waals surface area contributed by atoms with Gasteiger partial charge in [0.1, 0.15) is 4.34 Å². The van der Waals surface area contributed by atoms with Gasteiger partial charge in [-0.2, -0.15) is 0 Å². The van der Waals surface area contributed by atoms with Crippen molar-refractivity contribution in [1.82, 2.24) is 4.98 Å². The van der Waals surface area contributed by atoms with Gasteiger partial charge in [0.05, 0.1) is 11.2 Å². The van der Waals surface area contributed by atoms with Crippen molar-refractivity contribution in [3.63, 3.8) is 0 Å². The number of hydrogen-bond donors (Lipinski definition) is 1. The molecule has 0 aromatic carbocycles. The molecule has 0 aliphatic rings. The first-order valence-electron chi connectivity index (χ1n) is 3.95. The molecule has 0 saturated carbocycles. The van der Waals surface area contributed by atoms with Crippen LogP contribution in [-0.2, 0) is 6.42 Å². The maximum atomic E-state index is 5.88. The smallest absolute Gasteiger partial charge is 0.113 e. The van der Waals surface area contributed by atoms with Gasteiger partial charge in [0.2, 0.25) is 0 Å².